The van der Waals surface area contributed by atoms with Crippen LogP contribution < -0.4 is 10.6 Å². The Morgan fingerprint density at radius 3 is 2.47 bits per heavy atom. The Kier molecular flexibility index (Phi) is 14.0. The van der Waals surface area contributed by atoms with Gasteiger partial charge < -0.3 is 25.4 Å². The smallest absolute Gasteiger partial charge is 0.408 e. The van der Waals surface area contributed by atoms with Crippen LogP contribution in [0.3, 0.4) is 0 Å². The zero-order valence-electron chi connectivity index (χ0n) is 26.2. The highest BCUT2D eigenvalue weighted by Crippen LogP contribution is 2.28. The van der Waals surface area contributed by atoms with Gasteiger partial charge in [0.15, 0.2) is 0 Å². The van der Waals surface area contributed by atoms with E-state index in [1.807, 2.05) is 12.1 Å². The van der Waals surface area contributed by atoms with Crippen molar-refractivity contribution in [3.63, 3.8) is 0 Å². The molecule has 3 N–H and O–H groups in total. The first-order chi connectivity index (χ1) is 21.5. The number of alkyl carbamates (subject to hydrolysis) is 1. The number of likely N-dealkylation sites (N-methyl/N-ethyl adjacent to an activating group) is 2. The molecule has 1 aromatic heterocycles. The minimum Gasteiger partial charge on any atom is -0.445 e. The van der Waals surface area contributed by atoms with Gasteiger partial charge in [-0.1, -0.05) is 55.8 Å². The average molecular weight is 646 g/mol. The summed E-state index contributed by atoms with van der Waals surface area (Å²) in [6.45, 7) is 0.340. The summed E-state index contributed by atoms with van der Waals surface area (Å²) in [7, 11) is 4.15. The van der Waals surface area contributed by atoms with Gasteiger partial charge in [-0.2, -0.15) is 0 Å². The normalized spacial score (nSPS) is 15.3. The van der Waals surface area contributed by atoms with Crippen LogP contribution in [-0.4, -0.2) is 83.4 Å². The van der Waals surface area contributed by atoms with Crippen LogP contribution in [0, 0.1) is 5.92 Å². The first-order valence-corrected chi connectivity index (χ1v) is 15.6. The topological polar surface area (TPSA) is 150 Å². The van der Waals surface area contributed by atoms with Crippen LogP contribution in [0.5, 0.6) is 0 Å². The Hall–Kier alpha value is -3.74. The standard InChI is InChI=1S/C32H44ClN5O7/c1-37(19-15-23-13-17-34-18-14-23)28(39)12-16-32(43,30(41)38(2)44-3)36-29(40)27(21-24-8-5-4-6-9-24)35-31(42)45-22-25-10-7-11-26(33)20-25/h7,10-11,13-14,17-18,20,24,27,43H,4-6,8-9,12,15-16,19,21-22H2,1-3H3,(H,35,42)(H,36,40)/t27-,32?/m0/s1. The van der Waals surface area contributed by atoms with Gasteiger partial charge in [0.2, 0.25) is 17.5 Å². The highest BCUT2D eigenvalue weighted by molar-refractivity contribution is 6.30. The third kappa shape index (κ3) is 11.6. The van der Waals surface area contributed by atoms with Gasteiger partial charge in [0.05, 0.1) is 7.11 Å². The maximum atomic E-state index is 13.7. The number of ether oxygens (including phenoxy) is 1. The van der Waals surface area contributed by atoms with E-state index in [1.165, 1.54) is 19.1 Å². The Morgan fingerprint density at radius 1 is 1.09 bits per heavy atom. The number of benzene rings is 1. The molecule has 1 fully saturated rings. The van der Waals surface area contributed by atoms with E-state index in [9.17, 15) is 24.3 Å². The molecular weight excluding hydrogens is 602 g/mol. The minimum atomic E-state index is -2.49. The maximum Gasteiger partial charge on any atom is 0.408 e. The highest BCUT2D eigenvalue weighted by atomic mass is 35.5. The first kappa shape index (κ1) is 35.7. The molecule has 3 rings (SSSR count). The number of aromatic nitrogens is 1. The van der Waals surface area contributed by atoms with E-state index in [0.29, 0.717) is 30.0 Å². The van der Waals surface area contributed by atoms with Gasteiger partial charge >= 0.3 is 6.09 Å². The lowest BCUT2D eigenvalue weighted by molar-refractivity contribution is -0.194. The molecule has 0 radical (unpaired) electrons. The zero-order chi connectivity index (χ0) is 32.8. The third-order valence-electron chi connectivity index (χ3n) is 8.02. The molecule has 1 aromatic carbocycles. The Morgan fingerprint density at radius 2 is 1.80 bits per heavy atom. The summed E-state index contributed by atoms with van der Waals surface area (Å²) in [5.74, 6) is -1.92. The molecule has 0 spiro atoms. The van der Waals surface area contributed by atoms with Crippen LogP contribution >= 0.6 is 11.6 Å². The Labute approximate surface area is 269 Å². The molecule has 0 bridgehead atoms. The van der Waals surface area contributed by atoms with Gasteiger partial charge in [0.1, 0.15) is 12.6 Å². The number of nitrogens with one attached hydrogen (secondary N) is 2. The van der Waals surface area contributed by atoms with E-state index < -0.39 is 36.1 Å². The molecule has 2 atom stereocenters. The van der Waals surface area contributed by atoms with E-state index in [1.54, 1.807) is 43.7 Å². The number of aliphatic hydroxyl groups is 1. The fourth-order valence-electron chi connectivity index (χ4n) is 5.25. The number of nitrogens with zero attached hydrogens (tertiary/aromatic N) is 3. The number of halogens is 1. The van der Waals surface area contributed by atoms with E-state index in [4.69, 9.17) is 21.2 Å². The SMILES string of the molecule is CON(C)C(=O)C(O)(CCC(=O)N(C)CCc1ccncc1)NC(=O)[C@H](CC1CCCCC1)NC(=O)OCc1cccc(Cl)c1. The predicted molar refractivity (Wildman–Crippen MR) is 167 cm³/mol. The molecule has 246 valence electrons. The quantitative estimate of drug-likeness (QED) is 0.196. The van der Waals surface area contributed by atoms with Gasteiger partial charge in [-0.15, -0.1) is 0 Å². The van der Waals surface area contributed by atoms with E-state index >= 15 is 0 Å². The van der Waals surface area contributed by atoms with Gasteiger partial charge in [-0.3, -0.25) is 24.2 Å². The van der Waals surface area contributed by atoms with Crippen molar-refractivity contribution in [3.05, 3.63) is 64.9 Å². The molecule has 2 aromatic rings. The van der Waals surface area contributed by atoms with Gasteiger partial charge in [-0.25, -0.2) is 9.86 Å². The zero-order valence-corrected chi connectivity index (χ0v) is 26.9. The van der Waals surface area contributed by atoms with Crippen molar-refractivity contribution < 1.29 is 33.9 Å². The maximum absolute atomic E-state index is 13.7. The summed E-state index contributed by atoms with van der Waals surface area (Å²) in [5, 5.41) is 17.8. The summed E-state index contributed by atoms with van der Waals surface area (Å²) in [6.07, 6.45) is 7.64. The molecule has 1 saturated carbocycles. The summed E-state index contributed by atoms with van der Waals surface area (Å²) in [5.41, 5.74) is -0.808. The fraction of sp³-hybridized carbons (Fsp3) is 0.531. The summed E-state index contributed by atoms with van der Waals surface area (Å²) < 4.78 is 5.35. The van der Waals surface area contributed by atoms with Gasteiger partial charge in [0, 0.05) is 50.9 Å². The molecule has 0 saturated heterocycles. The Bertz CT molecular complexity index is 1280. The lowest BCUT2D eigenvalue weighted by Gasteiger charge is -2.33. The highest BCUT2D eigenvalue weighted by Gasteiger charge is 2.42. The van der Waals surface area contributed by atoms with Crippen molar-refractivity contribution in [3.8, 4) is 0 Å². The van der Waals surface area contributed by atoms with Crippen LogP contribution in [0.2, 0.25) is 5.02 Å². The van der Waals surface area contributed by atoms with Crippen molar-refractivity contribution in [1.82, 2.24) is 25.6 Å². The van der Waals surface area contributed by atoms with E-state index in [2.05, 4.69) is 15.6 Å². The lowest BCUT2D eigenvalue weighted by atomic mass is 9.84. The molecular formula is C32H44ClN5O7. The van der Waals surface area contributed by atoms with Crippen LogP contribution in [0.15, 0.2) is 48.8 Å². The number of amides is 4. The van der Waals surface area contributed by atoms with Gasteiger partial charge in [0.25, 0.3) is 5.91 Å². The molecule has 0 aliphatic heterocycles. The molecule has 1 aliphatic rings. The van der Waals surface area contributed by atoms with Crippen LogP contribution in [0.4, 0.5) is 4.79 Å². The molecule has 45 heavy (non-hydrogen) atoms. The molecule has 12 nitrogen and oxygen atoms in total. The molecule has 1 aliphatic carbocycles. The van der Waals surface area contributed by atoms with E-state index in [-0.39, 0.29) is 24.9 Å². The monoisotopic (exact) mass is 645 g/mol. The number of carbonyl (C=O) groups is 4. The van der Waals surface area contributed by atoms with Crippen molar-refractivity contribution >= 4 is 35.4 Å². The first-order valence-electron chi connectivity index (χ1n) is 15.2. The second kappa shape index (κ2) is 17.7. The summed E-state index contributed by atoms with van der Waals surface area (Å²) in [4.78, 5) is 63.1. The van der Waals surface area contributed by atoms with Gasteiger partial charge in [-0.05, 0) is 54.2 Å². The second-order valence-electron chi connectivity index (χ2n) is 11.4. The van der Waals surface area contributed by atoms with Crippen molar-refractivity contribution in [2.75, 3.05) is 27.7 Å². The van der Waals surface area contributed by atoms with Crippen molar-refractivity contribution in [2.45, 2.75) is 76.2 Å². The number of hydroxylamine groups is 2. The Balaban J connectivity index is 1.69. The van der Waals surface area contributed by atoms with Crippen LogP contribution in [-0.2, 0) is 37.0 Å². The number of hydrogen-bond acceptors (Lipinski definition) is 8. The number of pyridine rings is 1. The molecule has 1 heterocycles. The average Bonchev–Trinajstić information content (AvgIpc) is 3.05. The largest absolute Gasteiger partial charge is 0.445 e. The number of rotatable bonds is 15. The number of carbonyl (C=O) groups excluding carboxylic acids is 4. The van der Waals surface area contributed by atoms with Crippen molar-refractivity contribution in [2.24, 2.45) is 5.92 Å². The van der Waals surface area contributed by atoms with Crippen LogP contribution in [0.1, 0.15) is 62.5 Å². The van der Waals surface area contributed by atoms with Crippen molar-refractivity contribution in [1.29, 1.82) is 0 Å². The lowest BCUT2D eigenvalue weighted by Crippen LogP contribution is -2.62. The third-order valence-corrected chi connectivity index (χ3v) is 8.25. The molecule has 1 unspecified atom stereocenters. The number of hydrogen-bond donors (Lipinski definition) is 3. The second-order valence-corrected chi connectivity index (χ2v) is 11.8. The summed E-state index contributed by atoms with van der Waals surface area (Å²) in [6, 6.07) is 9.46. The van der Waals surface area contributed by atoms with Crippen LogP contribution in [0.25, 0.3) is 0 Å². The molecule has 4 amide bonds. The summed E-state index contributed by atoms with van der Waals surface area (Å²) >= 11 is 6.02. The predicted octanol–water partition coefficient (Wildman–Crippen LogP) is 3.61. The fourth-order valence-corrected chi connectivity index (χ4v) is 5.47. The molecule has 13 heteroatoms. The minimum absolute atomic E-state index is 0.0675. The van der Waals surface area contributed by atoms with E-state index in [0.717, 1.165) is 42.7 Å².